The number of hydrazine groups is 1. The summed E-state index contributed by atoms with van der Waals surface area (Å²) < 4.78 is 12.8. The van der Waals surface area contributed by atoms with Crippen LogP contribution in [0.2, 0.25) is 0 Å². The van der Waals surface area contributed by atoms with Gasteiger partial charge in [-0.25, -0.2) is 4.39 Å². The first-order valence-electron chi connectivity index (χ1n) is 7.70. The molecule has 0 radical (unpaired) electrons. The van der Waals surface area contributed by atoms with Gasteiger partial charge in [-0.15, -0.1) is 0 Å². The summed E-state index contributed by atoms with van der Waals surface area (Å²) in [5.41, 5.74) is 6.58. The summed E-state index contributed by atoms with van der Waals surface area (Å²) >= 11 is 4.95. The molecule has 2 amide bonds. The third-order valence-corrected chi connectivity index (χ3v) is 3.53. The number of aryl methyl sites for hydroxylation is 1. The molecule has 25 heavy (non-hydrogen) atoms. The van der Waals surface area contributed by atoms with Crippen LogP contribution >= 0.6 is 12.2 Å². The second-order valence-electron chi connectivity index (χ2n) is 5.34. The van der Waals surface area contributed by atoms with Crippen molar-refractivity contribution in [3.05, 3.63) is 71.5 Å². The first-order valence-corrected chi connectivity index (χ1v) is 8.11. The lowest BCUT2D eigenvalue weighted by molar-refractivity contribution is -0.122. The summed E-state index contributed by atoms with van der Waals surface area (Å²) in [6, 6.07) is 15.3. The summed E-state index contributed by atoms with van der Waals surface area (Å²) in [5.74, 6) is -0.955. The minimum Gasteiger partial charge on any atom is -0.302 e. The molecule has 0 saturated heterocycles. The average Bonchev–Trinajstić information content (AvgIpc) is 2.61. The Labute approximate surface area is 150 Å². The molecule has 5 nitrogen and oxygen atoms in total. The lowest BCUT2D eigenvalue weighted by Crippen LogP contribution is -2.48. The summed E-state index contributed by atoms with van der Waals surface area (Å²) in [5, 5.41) is 2.51. The number of halogens is 1. The van der Waals surface area contributed by atoms with Crippen LogP contribution in [0, 0.1) is 5.82 Å². The van der Waals surface area contributed by atoms with Gasteiger partial charge < -0.3 is 5.32 Å². The molecule has 0 unspecified atom stereocenters. The molecule has 0 fully saturated rings. The highest BCUT2D eigenvalue weighted by atomic mass is 32.1. The van der Waals surface area contributed by atoms with Crippen LogP contribution in [0.15, 0.2) is 54.6 Å². The quantitative estimate of drug-likeness (QED) is 0.564. The Morgan fingerprint density at radius 1 is 0.880 bits per heavy atom. The van der Waals surface area contributed by atoms with Crippen LogP contribution < -0.4 is 16.2 Å². The Hall–Kier alpha value is -2.80. The molecule has 0 spiro atoms. The van der Waals surface area contributed by atoms with Gasteiger partial charge in [-0.05, 0) is 41.9 Å². The molecule has 0 atom stereocenters. The molecule has 3 N–H and O–H groups in total. The highest BCUT2D eigenvalue weighted by Crippen LogP contribution is 2.03. The van der Waals surface area contributed by atoms with E-state index in [1.54, 1.807) is 0 Å². The first-order chi connectivity index (χ1) is 12.0. The number of hydrogen-bond donors (Lipinski definition) is 3. The maximum absolute atomic E-state index is 12.8. The molecule has 7 heteroatoms. The van der Waals surface area contributed by atoms with Crippen molar-refractivity contribution in [1.82, 2.24) is 16.2 Å². The van der Waals surface area contributed by atoms with Crippen molar-refractivity contribution in [2.45, 2.75) is 19.3 Å². The molecular weight excluding hydrogens is 341 g/mol. The number of rotatable bonds is 5. The van der Waals surface area contributed by atoms with Crippen molar-refractivity contribution in [3.8, 4) is 0 Å². The molecule has 0 aromatic heterocycles. The van der Waals surface area contributed by atoms with Crippen LogP contribution in [-0.2, 0) is 22.4 Å². The predicted molar refractivity (Wildman–Crippen MR) is 96.9 cm³/mol. The third kappa shape index (κ3) is 7.09. The van der Waals surface area contributed by atoms with Crippen LogP contribution in [-0.4, -0.2) is 16.9 Å². The van der Waals surface area contributed by atoms with Gasteiger partial charge >= 0.3 is 0 Å². The highest BCUT2D eigenvalue weighted by molar-refractivity contribution is 7.80. The van der Waals surface area contributed by atoms with Crippen LogP contribution in [0.3, 0.4) is 0 Å². The summed E-state index contributed by atoms with van der Waals surface area (Å²) in [7, 11) is 0. The van der Waals surface area contributed by atoms with E-state index in [0.29, 0.717) is 12.0 Å². The van der Waals surface area contributed by atoms with E-state index < -0.39 is 0 Å². The fraction of sp³-hybridized carbons (Fsp3) is 0.167. The fourth-order valence-corrected chi connectivity index (χ4v) is 2.25. The maximum atomic E-state index is 12.8. The smallest absolute Gasteiger partial charge is 0.242 e. The van der Waals surface area contributed by atoms with E-state index in [-0.39, 0.29) is 35.6 Å². The van der Waals surface area contributed by atoms with E-state index in [1.807, 2.05) is 30.3 Å². The Morgan fingerprint density at radius 3 is 2.24 bits per heavy atom. The monoisotopic (exact) mass is 359 g/mol. The van der Waals surface area contributed by atoms with E-state index >= 15 is 0 Å². The molecule has 2 aromatic rings. The Morgan fingerprint density at radius 2 is 1.56 bits per heavy atom. The summed E-state index contributed by atoms with van der Waals surface area (Å²) in [6.45, 7) is 0. The lowest BCUT2D eigenvalue weighted by Gasteiger charge is -2.11. The Kier molecular flexibility index (Phi) is 7.03. The van der Waals surface area contributed by atoms with Crippen LogP contribution in [0.25, 0.3) is 0 Å². The van der Waals surface area contributed by atoms with Crippen LogP contribution in [0.1, 0.15) is 17.5 Å². The largest absolute Gasteiger partial charge is 0.302 e. The van der Waals surface area contributed by atoms with Gasteiger partial charge in [0.05, 0.1) is 6.42 Å². The van der Waals surface area contributed by atoms with Crippen molar-refractivity contribution < 1.29 is 14.0 Å². The fourth-order valence-electron chi connectivity index (χ4n) is 2.08. The van der Waals surface area contributed by atoms with Crippen molar-refractivity contribution >= 4 is 29.1 Å². The number of amides is 2. The minimum absolute atomic E-state index is 0.0190. The lowest BCUT2D eigenvalue weighted by atomic mass is 10.1. The van der Waals surface area contributed by atoms with Gasteiger partial charge in [-0.3, -0.25) is 20.4 Å². The number of nitrogens with one attached hydrogen (secondary N) is 3. The van der Waals surface area contributed by atoms with Crippen molar-refractivity contribution in [1.29, 1.82) is 0 Å². The van der Waals surface area contributed by atoms with E-state index in [0.717, 1.165) is 5.56 Å². The van der Waals surface area contributed by atoms with E-state index in [4.69, 9.17) is 12.2 Å². The van der Waals surface area contributed by atoms with Gasteiger partial charge in [0.1, 0.15) is 5.82 Å². The number of carbonyl (C=O) groups excluding carboxylic acids is 2. The zero-order valence-corrected chi connectivity index (χ0v) is 14.2. The van der Waals surface area contributed by atoms with Gasteiger partial charge in [-0.2, -0.15) is 0 Å². The average molecular weight is 359 g/mol. The molecule has 0 aliphatic rings. The van der Waals surface area contributed by atoms with Crippen molar-refractivity contribution in [2.75, 3.05) is 0 Å². The summed E-state index contributed by atoms with van der Waals surface area (Å²) in [6.07, 6.45) is 0.958. The van der Waals surface area contributed by atoms with Gasteiger partial charge in [0.25, 0.3) is 0 Å². The van der Waals surface area contributed by atoms with E-state index in [1.165, 1.54) is 24.3 Å². The van der Waals surface area contributed by atoms with Crippen LogP contribution in [0.4, 0.5) is 4.39 Å². The summed E-state index contributed by atoms with van der Waals surface area (Å²) in [4.78, 5) is 23.6. The first kappa shape index (κ1) is 18.5. The second-order valence-corrected chi connectivity index (χ2v) is 5.75. The Bertz CT molecular complexity index is 736. The van der Waals surface area contributed by atoms with E-state index in [9.17, 15) is 14.0 Å². The second kappa shape index (κ2) is 9.48. The topological polar surface area (TPSA) is 70.2 Å². The van der Waals surface area contributed by atoms with Crippen LogP contribution in [0.5, 0.6) is 0 Å². The molecule has 2 rings (SSSR count). The van der Waals surface area contributed by atoms with Gasteiger partial charge in [-0.1, -0.05) is 42.5 Å². The number of carbonyl (C=O) groups is 2. The Balaban J connectivity index is 1.66. The van der Waals surface area contributed by atoms with Crippen molar-refractivity contribution in [3.63, 3.8) is 0 Å². The number of hydrogen-bond acceptors (Lipinski definition) is 3. The molecule has 0 bridgehead atoms. The minimum atomic E-state index is -0.360. The molecular formula is C18H18FN3O2S. The molecule has 2 aromatic carbocycles. The molecule has 0 heterocycles. The third-order valence-electron chi connectivity index (χ3n) is 3.33. The standard InChI is InChI=1S/C18H18FN3O2S/c19-15-9-6-14(7-10-15)12-17(24)21-22-18(25)20-16(23)11-8-13-4-2-1-3-5-13/h1-7,9-10H,8,11-12H2,(H,21,24)(H2,20,22,23,25). The SMILES string of the molecule is O=C(Cc1ccc(F)cc1)NNC(=S)NC(=O)CCc1ccccc1. The number of benzene rings is 2. The molecule has 0 aliphatic carbocycles. The van der Waals surface area contributed by atoms with E-state index in [2.05, 4.69) is 16.2 Å². The molecule has 0 saturated carbocycles. The molecule has 0 aliphatic heterocycles. The van der Waals surface area contributed by atoms with Gasteiger partial charge in [0, 0.05) is 6.42 Å². The van der Waals surface area contributed by atoms with Gasteiger partial charge in [0.2, 0.25) is 11.8 Å². The van der Waals surface area contributed by atoms with Gasteiger partial charge in [0.15, 0.2) is 5.11 Å². The maximum Gasteiger partial charge on any atom is 0.242 e. The number of thiocarbonyl (C=S) groups is 1. The zero-order valence-electron chi connectivity index (χ0n) is 13.4. The zero-order chi connectivity index (χ0) is 18.1. The predicted octanol–water partition coefficient (Wildman–Crippen LogP) is 2.02. The molecule has 130 valence electrons. The normalized spacial score (nSPS) is 9.96. The van der Waals surface area contributed by atoms with Crippen molar-refractivity contribution in [2.24, 2.45) is 0 Å². The highest BCUT2D eigenvalue weighted by Gasteiger charge is 2.07.